The lowest BCUT2D eigenvalue weighted by Crippen LogP contribution is -2.05. The van der Waals surface area contributed by atoms with E-state index in [1.165, 1.54) is 17.4 Å². The van der Waals surface area contributed by atoms with Crippen LogP contribution in [0.5, 0.6) is 0 Å². The van der Waals surface area contributed by atoms with Crippen LogP contribution in [0.15, 0.2) is 40.2 Å². The second-order valence-corrected chi connectivity index (χ2v) is 5.15. The minimum atomic E-state index is -4.46. The van der Waals surface area contributed by atoms with Gasteiger partial charge >= 0.3 is 6.18 Å². The fraction of sp³-hybridized carbons (Fsp3) is 0.0769. The summed E-state index contributed by atoms with van der Waals surface area (Å²) in [6.45, 7) is 0. The third-order valence-electron chi connectivity index (χ3n) is 2.78. The Kier molecular flexibility index (Phi) is 3.17. The molecule has 0 aliphatic heterocycles. The maximum absolute atomic E-state index is 12.7. The Bertz CT molecular complexity index is 765. The van der Waals surface area contributed by atoms with E-state index in [1.807, 2.05) is 11.4 Å². The molecular formula is C13H8F3N3OS. The minimum absolute atomic E-state index is 0.0398. The first-order valence-electron chi connectivity index (χ1n) is 5.80. The molecule has 0 radical (unpaired) electrons. The van der Waals surface area contributed by atoms with Gasteiger partial charge in [-0.1, -0.05) is 11.2 Å². The van der Waals surface area contributed by atoms with Crippen molar-refractivity contribution in [3.63, 3.8) is 0 Å². The fourth-order valence-electron chi connectivity index (χ4n) is 1.76. The normalized spacial score (nSPS) is 11.8. The molecule has 0 fully saturated rings. The standard InChI is InChI=1S/C13H8F3N3OS/c14-13(15,16)7-3-4-9(17)8(6-7)12-18-11(19-20-12)10-2-1-5-21-10/h1-6H,17H2. The zero-order chi connectivity index (χ0) is 15.0. The first kappa shape index (κ1) is 13.6. The Hall–Kier alpha value is -2.35. The summed E-state index contributed by atoms with van der Waals surface area (Å²) in [6.07, 6.45) is -4.46. The number of thiophene rings is 1. The molecule has 3 rings (SSSR count). The molecule has 0 unspecified atom stereocenters. The van der Waals surface area contributed by atoms with Gasteiger partial charge in [0.2, 0.25) is 5.82 Å². The zero-order valence-electron chi connectivity index (χ0n) is 10.4. The molecule has 0 saturated heterocycles. The molecule has 4 nitrogen and oxygen atoms in total. The van der Waals surface area contributed by atoms with E-state index in [1.54, 1.807) is 6.07 Å². The van der Waals surface area contributed by atoms with Gasteiger partial charge in [0.15, 0.2) is 0 Å². The molecule has 0 saturated carbocycles. The second kappa shape index (κ2) is 4.88. The number of benzene rings is 1. The predicted octanol–water partition coefficient (Wildman–Crippen LogP) is 4.07. The van der Waals surface area contributed by atoms with E-state index in [-0.39, 0.29) is 17.1 Å². The highest BCUT2D eigenvalue weighted by molar-refractivity contribution is 7.13. The van der Waals surface area contributed by atoms with Crippen LogP contribution in [0.2, 0.25) is 0 Å². The highest BCUT2D eigenvalue weighted by Gasteiger charge is 2.31. The lowest BCUT2D eigenvalue weighted by Gasteiger charge is -2.08. The molecular weight excluding hydrogens is 303 g/mol. The molecule has 108 valence electrons. The topological polar surface area (TPSA) is 64.9 Å². The highest BCUT2D eigenvalue weighted by atomic mass is 32.1. The highest BCUT2D eigenvalue weighted by Crippen LogP contribution is 2.35. The lowest BCUT2D eigenvalue weighted by atomic mass is 10.1. The van der Waals surface area contributed by atoms with Crippen molar-refractivity contribution >= 4 is 17.0 Å². The van der Waals surface area contributed by atoms with Gasteiger partial charge in [0, 0.05) is 5.69 Å². The maximum Gasteiger partial charge on any atom is 0.416 e. The summed E-state index contributed by atoms with van der Waals surface area (Å²) in [5.74, 6) is 0.277. The zero-order valence-corrected chi connectivity index (χ0v) is 11.2. The maximum atomic E-state index is 12.7. The van der Waals surface area contributed by atoms with Crippen LogP contribution in [0.4, 0.5) is 18.9 Å². The van der Waals surface area contributed by atoms with E-state index in [4.69, 9.17) is 10.3 Å². The Morgan fingerprint density at radius 1 is 1.19 bits per heavy atom. The first-order valence-corrected chi connectivity index (χ1v) is 6.68. The largest absolute Gasteiger partial charge is 0.416 e. The molecule has 0 aliphatic carbocycles. The van der Waals surface area contributed by atoms with Crippen LogP contribution in [-0.2, 0) is 6.18 Å². The van der Waals surface area contributed by atoms with Crippen LogP contribution < -0.4 is 5.73 Å². The van der Waals surface area contributed by atoms with Crippen molar-refractivity contribution in [3.05, 3.63) is 41.3 Å². The third kappa shape index (κ3) is 2.62. The number of nitrogens with zero attached hydrogens (tertiary/aromatic N) is 2. The molecule has 0 atom stereocenters. The summed E-state index contributed by atoms with van der Waals surface area (Å²) < 4.78 is 43.2. The first-order chi connectivity index (χ1) is 9.95. The van der Waals surface area contributed by atoms with Crippen molar-refractivity contribution < 1.29 is 17.7 Å². The summed E-state index contributed by atoms with van der Waals surface area (Å²) in [4.78, 5) is 4.85. The number of halogens is 3. The molecule has 2 aromatic heterocycles. The van der Waals surface area contributed by atoms with Gasteiger partial charge in [-0.3, -0.25) is 0 Å². The van der Waals surface area contributed by atoms with Crippen molar-refractivity contribution in [1.29, 1.82) is 0 Å². The van der Waals surface area contributed by atoms with Crippen molar-refractivity contribution in [2.75, 3.05) is 5.73 Å². The molecule has 21 heavy (non-hydrogen) atoms. The summed E-state index contributed by atoms with van der Waals surface area (Å²) in [7, 11) is 0. The van der Waals surface area contributed by atoms with E-state index >= 15 is 0 Å². The average molecular weight is 311 g/mol. The summed E-state index contributed by atoms with van der Waals surface area (Å²) in [5, 5.41) is 5.59. The van der Waals surface area contributed by atoms with Gasteiger partial charge in [-0.05, 0) is 29.6 Å². The number of rotatable bonds is 2. The molecule has 8 heteroatoms. The van der Waals surface area contributed by atoms with Gasteiger partial charge < -0.3 is 10.3 Å². The van der Waals surface area contributed by atoms with Gasteiger partial charge in [-0.15, -0.1) is 11.3 Å². The Balaban J connectivity index is 2.04. The van der Waals surface area contributed by atoms with E-state index in [0.717, 1.165) is 17.0 Å². The molecule has 0 spiro atoms. The van der Waals surface area contributed by atoms with Gasteiger partial charge in [-0.25, -0.2) is 0 Å². The molecule has 3 aromatic rings. The van der Waals surface area contributed by atoms with Crippen LogP contribution in [0.1, 0.15) is 5.56 Å². The number of anilines is 1. The SMILES string of the molecule is Nc1ccc(C(F)(F)F)cc1-c1nc(-c2cccs2)no1. The van der Waals surface area contributed by atoms with Crippen molar-refractivity contribution in [2.24, 2.45) is 0 Å². The number of hydrogen-bond donors (Lipinski definition) is 1. The number of hydrogen-bond acceptors (Lipinski definition) is 5. The average Bonchev–Trinajstić information content (AvgIpc) is 3.09. The summed E-state index contributed by atoms with van der Waals surface area (Å²) >= 11 is 1.40. The Morgan fingerprint density at radius 3 is 2.67 bits per heavy atom. The minimum Gasteiger partial charge on any atom is -0.398 e. The van der Waals surface area contributed by atoms with E-state index < -0.39 is 11.7 Å². The molecule has 0 bridgehead atoms. The van der Waals surface area contributed by atoms with Gasteiger partial charge in [0.25, 0.3) is 5.89 Å². The molecule has 0 aliphatic rings. The molecule has 0 amide bonds. The van der Waals surface area contributed by atoms with Crippen LogP contribution in [0.25, 0.3) is 22.2 Å². The Labute approximate surface area is 121 Å². The third-order valence-corrected chi connectivity index (χ3v) is 3.64. The quantitative estimate of drug-likeness (QED) is 0.725. The Morgan fingerprint density at radius 2 is 2.00 bits per heavy atom. The van der Waals surface area contributed by atoms with Crippen molar-refractivity contribution in [3.8, 4) is 22.2 Å². The van der Waals surface area contributed by atoms with E-state index in [0.29, 0.717) is 5.82 Å². The van der Waals surface area contributed by atoms with Gasteiger partial charge in [0.05, 0.1) is 16.0 Å². The summed E-state index contributed by atoms with van der Waals surface area (Å²) in [6, 6.07) is 6.59. The fourth-order valence-corrected chi connectivity index (χ4v) is 2.41. The lowest BCUT2D eigenvalue weighted by molar-refractivity contribution is -0.137. The van der Waals surface area contributed by atoms with Crippen molar-refractivity contribution in [2.45, 2.75) is 6.18 Å². The van der Waals surface area contributed by atoms with Crippen LogP contribution in [-0.4, -0.2) is 10.1 Å². The van der Waals surface area contributed by atoms with Crippen LogP contribution in [0.3, 0.4) is 0 Å². The monoisotopic (exact) mass is 311 g/mol. The summed E-state index contributed by atoms with van der Waals surface area (Å²) in [5.41, 5.74) is 5.10. The molecule has 1 aromatic carbocycles. The molecule has 2 heterocycles. The number of alkyl halides is 3. The number of aromatic nitrogens is 2. The van der Waals surface area contributed by atoms with Crippen LogP contribution >= 0.6 is 11.3 Å². The van der Waals surface area contributed by atoms with Crippen LogP contribution in [0, 0.1) is 0 Å². The van der Waals surface area contributed by atoms with Crippen molar-refractivity contribution in [1.82, 2.24) is 10.1 Å². The van der Waals surface area contributed by atoms with E-state index in [2.05, 4.69) is 10.1 Å². The van der Waals surface area contributed by atoms with Gasteiger partial charge in [0.1, 0.15) is 0 Å². The predicted molar refractivity (Wildman–Crippen MR) is 72.5 cm³/mol. The van der Waals surface area contributed by atoms with Gasteiger partial charge in [-0.2, -0.15) is 18.2 Å². The smallest absolute Gasteiger partial charge is 0.398 e. The number of nitrogens with two attached hydrogens (primary N) is 1. The van der Waals surface area contributed by atoms with E-state index in [9.17, 15) is 13.2 Å². The molecule has 2 N–H and O–H groups in total. The second-order valence-electron chi connectivity index (χ2n) is 4.20. The number of nitrogen functional groups attached to an aromatic ring is 1.